The molecule has 0 fully saturated rings. The molecule has 0 radical (unpaired) electrons. The van der Waals surface area contributed by atoms with Crippen LogP contribution in [-0.4, -0.2) is 45.5 Å². The zero-order valence-corrected chi connectivity index (χ0v) is 16.2. The molecule has 150 valence electrons. The minimum atomic E-state index is -0.830. The number of carbonyl (C=O) groups excluding carboxylic acids is 3. The summed E-state index contributed by atoms with van der Waals surface area (Å²) in [5.41, 5.74) is 0.741. The van der Waals surface area contributed by atoms with Crippen molar-refractivity contribution in [2.75, 3.05) is 11.9 Å². The first-order valence-corrected chi connectivity index (χ1v) is 9.89. The van der Waals surface area contributed by atoms with Crippen molar-refractivity contribution in [3.05, 3.63) is 64.7 Å². The zero-order chi connectivity index (χ0) is 20.7. The Balaban J connectivity index is 1.24. The molecule has 1 unspecified atom stereocenters. The van der Waals surface area contributed by atoms with Crippen molar-refractivity contribution >= 4 is 34.2 Å². The number of hydrogen-bond donors (Lipinski definition) is 1. The van der Waals surface area contributed by atoms with E-state index in [1.807, 2.05) is 6.07 Å². The molecule has 5 rings (SSSR count). The third kappa shape index (κ3) is 3.16. The topological polar surface area (TPSA) is 111 Å². The lowest BCUT2D eigenvalue weighted by Gasteiger charge is -2.25. The van der Waals surface area contributed by atoms with Crippen molar-refractivity contribution in [3.63, 3.8) is 0 Å². The van der Waals surface area contributed by atoms with Gasteiger partial charge in [-0.25, -0.2) is 0 Å². The minimum Gasteiger partial charge on any atom is -0.485 e. The first kappa shape index (κ1) is 18.3. The lowest BCUT2D eigenvalue weighted by molar-refractivity contribution is -0.125. The van der Waals surface area contributed by atoms with Crippen LogP contribution < -0.4 is 14.8 Å². The van der Waals surface area contributed by atoms with Crippen LogP contribution in [0.3, 0.4) is 0 Å². The lowest BCUT2D eigenvalue weighted by atomic mass is 10.1. The van der Waals surface area contributed by atoms with Crippen LogP contribution in [0.25, 0.3) is 0 Å². The maximum atomic E-state index is 12.5. The van der Waals surface area contributed by atoms with Gasteiger partial charge in [0.05, 0.1) is 17.7 Å². The van der Waals surface area contributed by atoms with E-state index in [1.165, 1.54) is 0 Å². The highest BCUT2D eigenvalue weighted by molar-refractivity contribution is 7.15. The molecule has 3 heterocycles. The predicted octanol–water partition coefficient (Wildman–Crippen LogP) is 2.11. The van der Waals surface area contributed by atoms with Gasteiger partial charge in [0.1, 0.15) is 11.6 Å². The summed E-state index contributed by atoms with van der Waals surface area (Å²) in [6.07, 6.45) is -0.830. The molecule has 3 aromatic rings. The van der Waals surface area contributed by atoms with Gasteiger partial charge in [0, 0.05) is 0 Å². The van der Waals surface area contributed by atoms with Crippen molar-refractivity contribution in [1.29, 1.82) is 0 Å². The van der Waals surface area contributed by atoms with E-state index in [0.717, 1.165) is 16.2 Å². The van der Waals surface area contributed by atoms with Crippen LogP contribution in [0.15, 0.2) is 48.5 Å². The number of benzene rings is 2. The quantitative estimate of drug-likeness (QED) is 0.641. The molecule has 0 spiro atoms. The van der Waals surface area contributed by atoms with Crippen molar-refractivity contribution in [2.24, 2.45) is 0 Å². The number of anilines is 1. The zero-order valence-electron chi connectivity index (χ0n) is 15.4. The molecule has 0 aliphatic carbocycles. The first-order valence-electron chi connectivity index (χ1n) is 9.07. The monoisotopic (exact) mass is 422 g/mol. The molecule has 9 nitrogen and oxygen atoms in total. The third-order valence-corrected chi connectivity index (χ3v) is 5.49. The summed E-state index contributed by atoms with van der Waals surface area (Å²) in [4.78, 5) is 38.5. The Bertz CT molecular complexity index is 1140. The maximum absolute atomic E-state index is 12.5. The molecule has 1 N–H and O–H groups in total. The largest absolute Gasteiger partial charge is 0.485 e. The van der Waals surface area contributed by atoms with Gasteiger partial charge in [-0.15, -0.1) is 10.2 Å². The first-order chi connectivity index (χ1) is 14.6. The number of nitrogens with one attached hydrogen (secondary N) is 1. The molecule has 1 atom stereocenters. The van der Waals surface area contributed by atoms with Crippen LogP contribution >= 0.6 is 11.3 Å². The summed E-state index contributed by atoms with van der Waals surface area (Å²) in [6, 6.07) is 13.7. The van der Waals surface area contributed by atoms with Gasteiger partial charge in [-0.2, -0.15) is 0 Å². The fraction of sp³-hybridized carbons (Fsp3) is 0.150. The number of nitrogens with zero attached hydrogens (tertiary/aromatic N) is 3. The molecular weight excluding hydrogens is 408 g/mol. The van der Waals surface area contributed by atoms with E-state index in [0.29, 0.717) is 27.6 Å². The molecule has 2 aliphatic heterocycles. The summed E-state index contributed by atoms with van der Waals surface area (Å²) >= 11 is 1.08. The van der Waals surface area contributed by atoms with Crippen molar-refractivity contribution in [3.8, 4) is 11.5 Å². The normalized spacial score (nSPS) is 17.1. The highest BCUT2D eigenvalue weighted by atomic mass is 32.1. The van der Waals surface area contributed by atoms with Gasteiger partial charge < -0.3 is 9.47 Å². The molecule has 3 amide bonds. The summed E-state index contributed by atoms with van der Waals surface area (Å²) < 4.78 is 11.2. The van der Waals surface area contributed by atoms with Gasteiger partial charge in [0.15, 0.2) is 11.5 Å². The fourth-order valence-corrected chi connectivity index (χ4v) is 3.95. The summed E-state index contributed by atoms with van der Waals surface area (Å²) in [6.45, 7) is 0.0554. The predicted molar refractivity (Wildman–Crippen MR) is 106 cm³/mol. The molecule has 2 aromatic carbocycles. The lowest BCUT2D eigenvalue weighted by Crippen LogP contribution is -2.40. The number of fused-ring (bicyclic) bond motifs is 2. The maximum Gasteiger partial charge on any atom is 0.270 e. The Morgan fingerprint density at radius 1 is 1.03 bits per heavy atom. The van der Waals surface area contributed by atoms with Crippen molar-refractivity contribution in [2.45, 2.75) is 12.6 Å². The molecule has 0 bridgehead atoms. The van der Waals surface area contributed by atoms with E-state index < -0.39 is 12.0 Å². The number of hydrogen-bond acceptors (Lipinski definition) is 8. The van der Waals surface area contributed by atoms with Gasteiger partial charge in [-0.1, -0.05) is 35.6 Å². The van der Waals surface area contributed by atoms with Crippen molar-refractivity contribution < 1.29 is 23.9 Å². The van der Waals surface area contributed by atoms with E-state index >= 15 is 0 Å². The summed E-state index contributed by atoms with van der Waals surface area (Å²) in [5, 5.41) is 11.2. The summed E-state index contributed by atoms with van der Waals surface area (Å²) in [5.74, 6) is -0.0910. The van der Waals surface area contributed by atoms with E-state index in [-0.39, 0.29) is 30.1 Å². The number of para-hydroxylation sites is 2. The minimum absolute atomic E-state index is 0.0176. The highest BCUT2D eigenvalue weighted by Gasteiger charge is 2.36. The van der Waals surface area contributed by atoms with Crippen molar-refractivity contribution in [1.82, 2.24) is 15.1 Å². The Morgan fingerprint density at radius 3 is 2.43 bits per heavy atom. The van der Waals surface area contributed by atoms with E-state index in [9.17, 15) is 14.4 Å². The molecule has 1 aromatic heterocycles. The number of carbonyl (C=O) groups is 3. The number of imide groups is 1. The Kier molecular flexibility index (Phi) is 4.40. The standard InChI is InChI=1S/C20H14N4O5S/c25-17(15-10-28-13-7-3-4-8-14(13)29-15)21-20-23-22-16(30-20)9-24-18(26)11-5-1-2-6-12(11)19(24)27/h1-8,15H,9-10H2,(H,21,23,25). The molecule has 30 heavy (non-hydrogen) atoms. The van der Waals surface area contributed by atoms with Crippen LogP contribution in [0, 0.1) is 0 Å². The highest BCUT2D eigenvalue weighted by Crippen LogP contribution is 2.31. The average Bonchev–Trinajstić information content (AvgIpc) is 3.31. The van der Waals surface area contributed by atoms with Crippen LogP contribution in [0.4, 0.5) is 5.13 Å². The van der Waals surface area contributed by atoms with Crippen LogP contribution in [0.1, 0.15) is 25.7 Å². The van der Waals surface area contributed by atoms with Gasteiger partial charge in [0.2, 0.25) is 11.2 Å². The second-order valence-electron chi connectivity index (χ2n) is 6.60. The van der Waals surface area contributed by atoms with Crippen LogP contribution in [-0.2, 0) is 11.3 Å². The number of ether oxygens (including phenoxy) is 2. The second kappa shape index (κ2) is 7.23. The Hall–Kier alpha value is -3.79. The fourth-order valence-electron chi connectivity index (χ4n) is 3.22. The van der Waals surface area contributed by atoms with E-state index in [1.54, 1.807) is 42.5 Å². The Labute approximate surface area is 174 Å². The number of amides is 3. The van der Waals surface area contributed by atoms with Gasteiger partial charge in [0.25, 0.3) is 17.7 Å². The van der Waals surface area contributed by atoms with Crippen LogP contribution in [0.2, 0.25) is 0 Å². The van der Waals surface area contributed by atoms with Gasteiger partial charge in [-0.3, -0.25) is 24.6 Å². The van der Waals surface area contributed by atoms with E-state index in [4.69, 9.17) is 9.47 Å². The number of aromatic nitrogens is 2. The smallest absolute Gasteiger partial charge is 0.270 e. The average molecular weight is 422 g/mol. The third-order valence-electron chi connectivity index (χ3n) is 4.67. The Morgan fingerprint density at radius 2 is 1.70 bits per heavy atom. The molecule has 0 saturated carbocycles. The second-order valence-corrected chi connectivity index (χ2v) is 7.66. The summed E-state index contributed by atoms with van der Waals surface area (Å²) in [7, 11) is 0. The molecule has 10 heteroatoms. The van der Waals surface area contributed by atoms with E-state index in [2.05, 4.69) is 15.5 Å². The SMILES string of the molecule is O=C(Nc1nnc(CN2C(=O)c3ccccc3C2=O)s1)C1COc2ccccc2O1. The van der Waals surface area contributed by atoms with Crippen LogP contribution in [0.5, 0.6) is 11.5 Å². The molecule has 0 saturated heterocycles. The van der Waals surface area contributed by atoms with Gasteiger partial charge >= 0.3 is 0 Å². The number of rotatable bonds is 4. The molecular formula is C20H14N4O5S. The van der Waals surface area contributed by atoms with Gasteiger partial charge in [-0.05, 0) is 24.3 Å². The molecule has 2 aliphatic rings.